The third-order valence-corrected chi connectivity index (χ3v) is 3.10. The summed E-state index contributed by atoms with van der Waals surface area (Å²) in [4.78, 5) is 8.27. The topological polar surface area (TPSA) is 51.8 Å². The van der Waals surface area contributed by atoms with E-state index < -0.39 is 0 Å². The zero-order valence-corrected chi connectivity index (χ0v) is 8.20. The van der Waals surface area contributed by atoms with Crippen LogP contribution in [-0.2, 0) is 5.41 Å². The van der Waals surface area contributed by atoms with Crippen molar-refractivity contribution in [1.29, 1.82) is 0 Å². The monoisotopic (exact) mass is 185 g/mol. The Hall–Kier alpha value is -1.64. The average molecular weight is 185 g/mol. The lowest BCUT2D eigenvalue weighted by Crippen LogP contribution is -2.28. The number of benzene rings is 1. The molecule has 0 spiro atoms. The van der Waals surface area contributed by atoms with Gasteiger partial charge in [-0.3, -0.25) is 0 Å². The van der Waals surface area contributed by atoms with Crippen LogP contribution < -0.4 is 5.73 Å². The van der Waals surface area contributed by atoms with Crippen LogP contribution in [0.2, 0.25) is 0 Å². The maximum atomic E-state index is 5.58. The molecule has 0 atom stereocenters. The summed E-state index contributed by atoms with van der Waals surface area (Å²) < 4.78 is 0. The molecule has 0 fully saturated rings. The van der Waals surface area contributed by atoms with Crippen LogP contribution in [0.1, 0.15) is 25.0 Å². The largest absolute Gasteiger partial charge is 0.368 e. The molecule has 0 saturated heterocycles. The first kappa shape index (κ1) is 7.74. The van der Waals surface area contributed by atoms with E-state index in [2.05, 4.69) is 35.9 Å². The first-order valence-electron chi connectivity index (χ1n) is 4.66. The second-order valence-electron chi connectivity index (χ2n) is 4.31. The van der Waals surface area contributed by atoms with Crippen molar-refractivity contribution in [3.05, 3.63) is 29.5 Å². The van der Waals surface area contributed by atoms with Gasteiger partial charge < -0.3 is 5.73 Å². The van der Waals surface area contributed by atoms with Crippen LogP contribution >= 0.6 is 0 Å². The molecule has 14 heavy (non-hydrogen) atoms. The fourth-order valence-electron chi connectivity index (χ4n) is 2.07. The Kier molecular flexibility index (Phi) is 1.14. The fourth-order valence-corrected chi connectivity index (χ4v) is 2.07. The molecule has 70 valence electrons. The molecule has 0 aliphatic heterocycles. The molecule has 0 saturated carbocycles. The van der Waals surface area contributed by atoms with Crippen LogP contribution in [0.3, 0.4) is 0 Å². The maximum Gasteiger partial charge on any atom is 0.220 e. The van der Waals surface area contributed by atoms with Gasteiger partial charge in [0, 0.05) is 17.0 Å². The number of nitrogen functional groups attached to an aromatic ring is 1. The standard InChI is InChI=1S/C11H11N3/c1-11(2)7-3-6-5-13-10(12)14-9(6)8(11)4-7/h3-5H,1-2H3,(H2,12,13,14). The van der Waals surface area contributed by atoms with E-state index in [-0.39, 0.29) is 5.41 Å². The normalized spacial score (nSPS) is 16.7. The molecular weight excluding hydrogens is 174 g/mol. The van der Waals surface area contributed by atoms with Crippen LogP contribution in [0.15, 0.2) is 18.3 Å². The number of aromatic nitrogens is 2. The number of hydrogen-bond donors (Lipinski definition) is 1. The number of anilines is 1. The minimum absolute atomic E-state index is 0.147. The van der Waals surface area contributed by atoms with Crippen molar-refractivity contribution in [2.45, 2.75) is 19.3 Å². The highest BCUT2D eigenvalue weighted by atomic mass is 15.0. The van der Waals surface area contributed by atoms with Gasteiger partial charge in [-0.2, -0.15) is 0 Å². The number of rotatable bonds is 0. The molecule has 2 bridgehead atoms. The number of hydrogen-bond acceptors (Lipinski definition) is 3. The molecule has 1 heterocycles. The zero-order valence-electron chi connectivity index (χ0n) is 8.20. The Balaban J connectivity index is 2.44. The molecule has 1 aromatic carbocycles. The summed E-state index contributed by atoms with van der Waals surface area (Å²) >= 11 is 0. The first-order valence-corrected chi connectivity index (χ1v) is 4.66. The second-order valence-corrected chi connectivity index (χ2v) is 4.31. The SMILES string of the molecule is CC1(C)c2cc1c1nc(N)ncc1c2. The highest BCUT2D eigenvalue weighted by molar-refractivity contribution is 5.88. The van der Waals surface area contributed by atoms with Gasteiger partial charge >= 0.3 is 0 Å². The van der Waals surface area contributed by atoms with Crippen LogP contribution in [-0.4, -0.2) is 9.97 Å². The van der Waals surface area contributed by atoms with Crippen molar-refractivity contribution in [2.24, 2.45) is 0 Å². The van der Waals surface area contributed by atoms with Gasteiger partial charge in [0.25, 0.3) is 0 Å². The average Bonchev–Trinajstić information content (AvgIpc) is 2.16. The number of nitrogens with zero attached hydrogens (tertiary/aromatic N) is 2. The Morgan fingerprint density at radius 2 is 2.07 bits per heavy atom. The van der Waals surface area contributed by atoms with Crippen molar-refractivity contribution in [3.8, 4) is 0 Å². The molecule has 2 aliphatic rings. The van der Waals surface area contributed by atoms with E-state index in [1.165, 1.54) is 11.1 Å². The van der Waals surface area contributed by atoms with Crippen molar-refractivity contribution >= 4 is 16.9 Å². The third kappa shape index (κ3) is 0.726. The van der Waals surface area contributed by atoms with Crippen LogP contribution in [0.5, 0.6) is 0 Å². The summed E-state index contributed by atoms with van der Waals surface area (Å²) in [6.45, 7) is 4.41. The fraction of sp³-hybridized carbons (Fsp3) is 0.273. The maximum absolute atomic E-state index is 5.58. The Morgan fingerprint density at radius 1 is 1.29 bits per heavy atom. The molecule has 2 aromatic rings. The highest BCUT2D eigenvalue weighted by Gasteiger charge is 2.35. The van der Waals surface area contributed by atoms with E-state index >= 15 is 0 Å². The summed E-state index contributed by atoms with van der Waals surface area (Å²) in [5, 5.41) is 1.09. The summed E-state index contributed by atoms with van der Waals surface area (Å²) in [6.07, 6.45) is 1.79. The van der Waals surface area contributed by atoms with E-state index in [4.69, 9.17) is 5.73 Å². The van der Waals surface area contributed by atoms with Gasteiger partial charge in [0.2, 0.25) is 5.95 Å². The van der Waals surface area contributed by atoms with Crippen LogP contribution in [0.25, 0.3) is 10.9 Å². The Labute approximate surface area is 82.0 Å². The van der Waals surface area contributed by atoms with Crippen molar-refractivity contribution < 1.29 is 0 Å². The lowest BCUT2D eigenvalue weighted by atomic mass is 9.67. The molecule has 3 heteroatoms. The molecule has 0 amide bonds. The molecule has 4 rings (SSSR count). The van der Waals surface area contributed by atoms with Gasteiger partial charge in [-0.25, -0.2) is 9.97 Å². The lowest BCUT2D eigenvalue weighted by Gasteiger charge is -2.36. The summed E-state index contributed by atoms with van der Waals surface area (Å²) in [7, 11) is 0. The highest BCUT2D eigenvalue weighted by Crippen LogP contribution is 2.45. The van der Waals surface area contributed by atoms with Crippen LogP contribution in [0.4, 0.5) is 5.95 Å². The van der Waals surface area contributed by atoms with Gasteiger partial charge in [0.05, 0.1) is 5.52 Å². The predicted octanol–water partition coefficient (Wildman–Crippen LogP) is 1.85. The van der Waals surface area contributed by atoms with E-state index in [9.17, 15) is 0 Å². The van der Waals surface area contributed by atoms with Crippen LogP contribution in [0, 0.1) is 0 Å². The minimum Gasteiger partial charge on any atom is -0.368 e. The Bertz CT molecular complexity index is 543. The zero-order chi connectivity index (χ0) is 9.92. The van der Waals surface area contributed by atoms with Crippen molar-refractivity contribution in [2.75, 3.05) is 5.73 Å². The molecule has 2 N–H and O–H groups in total. The summed E-state index contributed by atoms with van der Waals surface area (Å²) in [5.41, 5.74) is 9.36. The summed E-state index contributed by atoms with van der Waals surface area (Å²) in [6, 6.07) is 4.32. The second kappa shape index (κ2) is 2.05. The van der Waals surface area contributed by atoms with Gasteiger partial charge in [-0.05, 0) is 17.2 Å². The lowest BCUT2D eigenvalue weighted by molar-refractivity contribution is 0.602. The van der Waals surface area contributed by atoms with Gasteiger partial charge in [-0.1, -0.05) is 19.9 Å². The van der Waals surface area contributed by atoms with Crippen molar-refractivity contribution in [3.63, 3.8) is 0 Å². The predicted molar refractivity (Wildman–Crippen MR) is 56.1 cm³/mol. The van der Waals surface area contributed by atoms with Gasteiger partial charge in [0.15, 0.2) is 0 Å². The smallest absolute Gasteiger partial charge is 0.220 e. The minimum atomic E-state index is 0.147. The summed E-state index contributed by atoms with van der Waals surface area (Å²) in [5.74, 6) is 0.351. The third-order valence-electron chi connectivity index (χ3n) is 3.10. The quantitative estimate of drug-likeness (QED) is 0.681. The Morgan fingerprint density at radius 3 is 2.79 bits per heavy atom. The molecule has 1 aromatic heterocycles. The molecule has 2 aliphatic carbocycles. The molecular formula is C11H11N3. The molecule has 0 unspecified atom stereocenters. The van der Waals surface area contributed by atoms with E-state index in [0.717, 1.165) is 10.9 Å². The van der Waals surface area contributed by atoms with Gasteiger partial charge in [-0.15, -0.1) is 0 Å². The van der Waals surface area contributed by atoms with Gasteiger partial charge in [0.1, 0.15) is 0 Å². The van der Waals surface area contributed by atoms with E-state index in [1.807, 2.05) is 0 Å². The van der Waals surface area contributed by atoms with E-state index in [0.29, 0.717) is 5.95 Å². The first-order chi connectivity index (χ1) is 6.59. The van der Waals surface area contributed by atoms with Crippen molar-refractivity contribution in [1.82, 2.24) is 9.97 Å². The molecule has 3 nitrogen and oxygen atoms in total. The molecule has 0 radical (unpaired) electrons. The van der Waals surface area contributed by atoms with E-state index in [1.54, 1.807) is 6.20 Å². The number of nitrogens with two attached hydrogens (primary N) is 1.